The number of nitrogens with zero attached hydrogens (tertiary/aromatic N) is 2. The summed E-state index contributed by atoms with van der Waals surface area (Å²) in [6.45, 7) is 6.22. The molecule has 8 heteroatoms. The zero-order valence-electron chi connectivity index (χ0n) is 19.6. The Kier molecular flexibility index (Phi) is 10.8. The summed E-state index contributed by atoms with van der Waals surface area (Å²) in [5, 5.41) is 6.73. The average Bonchev–Trinajstić information content (AvgIpc) is 2.83. The van der Waals surface area contributed by atoms with Crippen LogP contribution in [0.5, 0.6) is 5.75 Å². The lowest BCUT2D eigenvalue weighted by atomic mass is 10.1. The normalized spacial score (nSPS) is 13.0. The number of hydrogen-bond donors (Lipinski definition) is 3. The lowest BCUT2D eigenvalue weighted by molar-refractivity contribution is -0.111. The first-order valence-electron chi connectivity index (χ1n) is 10.8. The largest absolute Gasteiger partial charge is 0.380 e. The number of pyridine rings is 1. The monoisotopic (exact) mass is 451 g/mol. The molecule has 0 radical (unpaired) electrons. The van der Waals surface area contributed by atoms with Crippen molar-refractivity contribution in [2.75, 3.05) is 32.7 Å². The van der Waals surface area contributed by atoms with Crippen LogP contribution in [0.2, 0.25) is 0 Å². The molecule has 0 spiro atoms. The molecular weight excluding hydrogens is 418 g/mol. The van der Waals surface area contributed by atoms with Crippen LogP contribution in [0, 0.1) is 0 Å². The van der Waals surface area contributed by atoms with E-state index in [1.807, 2.05) is 44.4 Å². The summed E-state index contributed by atoms with van der Waals surface area (Å²) in [5.41, 5.74) is 5.04. The molecule has 176 valence electrons. The van der Waals surface area contributed by atoms with E-state index >= 15 is 0 Å². The van der Waals surface area contributed by atoms with Gasteiger partial charge in [-0.1, -0.05) is 32.0 Å². The summed E-state index contributed by atoms with van der Waals surface area (Å²) in [6.07, 6.45) is 3.30. The molecule has 1 saturated heterocycles. The highest BCUT2D eigenvalue weighted by atomic mass is 16.6. The van der Waals surface area contributed by atoms with Crippen molar-refractivity contribution in [2.24, 2.45) is 0 Å². The van der Waals surface area contributed by atoms with Crippen LogP contribution in [0.3, 0.4) is 0 Å². The van der Waals surface area contributed by atoms with Crippen LogP contribution < -0.4 is 21.0 Å². The number of likely N-dealkylation sites (N-methyl/N-ethyl adjacent to an activating group) is 1. The SMILES string of the molecule is CN1CC(NC=O)C1.CNC(C)C.O=Cc1ccc(NOc2cccc3cccnc23)cc1. The Balaban J connectivity index is 0.000000244. The third-order valence-electron chi connectivity index (χ3n) is 4.87. The zero-order chi connectivity index (χ0) is 24.1. The highest BCUT2D eigenvalue weighted by Gasteiger charge is 2.21. The van der Waals surface area contributed by atoms with Crippen LogP contribution in [0.25, 0.3) is 10.9 Å². The second-order valence-corrected chi connectivity index (χ2v) is 7.92. The molecule has 0 atom stereocenters. The number of aromatic nitrogens is 1. The summed E-state index contributed by atoms with van der Waals surface area (Å²) >= 11 is 0. The lowest BCUT2D eigenvalue weighted by Gasteiger charge is -2.35. The van der Waals surface area contributed by atoms with Gasteiger partial charge in [0.15, 0.2) is 5.75 Å². The molecule has 0 bridgehead atoms. The molecule has 2 heterocycles. The van der Waals surface area contributed by atoms with Gasteiger partial charge in [-0.25, -0.2) is 5.48 Å². The molecule has 1 aromatic heterocycles. The number of para-hydroxylation sites is 1. The second kappa shape index (κ2) is 13.8. The Morgan fingerprint density at radius 2 is 1.73 bits per heavy atom. The number of anilines is 1. The van der Waals surface area contributed by atoms with E-state index in [0.29, 0.717) is 23.4 Å². The molecule has 0 unspecified atom stereocenters. The molecule has 0 aliphatic carbocycles. The predicted molar refractivity (Wildman–Crippen MR) is 133 cm³/mol. The number of fused-ring (bicyclic) bond motifs is 1. The first-order valence-corrected chi connectivity index (χ1v) is 10.8. The minimum absolute atomic E-state index is 0.414. The van der Waals surface area contributed by atoms with Gasteiger partial charge in [0, 0.05) is 36.3 Å². The number of aldehydes is 1. The van der Waals surface area contributed by atoms with Gasteiger partial charge < -0.3 is 20.4 Å². The summed E-state index contributed by atoms with van der Waals surface area (Å²) in [7, 11) is 3.98. The number of benzene rings is 2. The molecule has 0 saturated carbocycles. The van der Waals surface area contributed by atoms with Crippen LogP contribution in [0.1, 0.15) is 24.2 Å². The van der Waals surface area contributed by atoms with E-state index in [0.717, 1.165) is 42.4 Å². The van der Waals surface area contributed by atoms with E-state index in [4.69, 9.17) is 4.84 Å². The van der Waals surface area contributed by atoms with E-state index in [2.05, 4.69) is 39.8 Å². The van der Waals surface area contributed by atoms with Crippen LogP contribution in [-0.2, 0) is 4.79 Å². The maximum atomic E-state index is 10.6. The van der Waals surface area contributed by atoms with Gasteiger partial charge in [0.2, 0.25) is 6.41 Å². The summed E-state index contributed by atoms with van der Waals surface area (Å²) in [6, 6.07) is 17.7. The average molecular weight is 452 g/mol. The van der Waals surface area contributed by atoms with Gasteiger partial charge in [0.05, 0.1) is 11.7 Å². The number of amides is 1. The minimum Gasteiger partial charge on any atom is -0.380 e. The van der Waals surface area contributed by atoms with E-state index < -0.39 is 0 Å². The van der Waals surface area contributed by atoms with Crippen molar-refractivity contribution in [2.45, 2.75) is 25.9 Å². The molecule has 8 nitrogen and oxygen atoms in total. The zero-order valence-corrected chi connectivity index (χ0v) is 19.6. The molecular formula is C25H33N5O3. The fourth-order valence-electron chi connectivity index (χ4n) is 2.80. The third kappa shape index (κ3) is 8.88. The molecule has 1 aliphatic rings. The van der Waals surface area contributed by atoms with Crippen molar-refractivity contribution >= 4 is 29.3 Å². The standard InChI is InChI=1S/C16H12N2O2.C5H10N2O.C4H11N/c19-11-12-6-8-14(9-7-12)18-20-15-5-1-3-13-4-2-10-17-16(13)15;1-7-2-5(3-7)6-4-8;1-4(2)5-3/h1-11,18H;4-5H,2-3H2,1H3,(H,6,8);4-5H,1-3H3. The van der Waals surface area contributed by atoms with E-state index in [1.54, 1.807) is 30.5 Å². The quantitative estimate of drug-likeness (QED) is 0.375. The Morgan fingerprint density at radius 1 is 1.06 bits per heavy atom. The fraction of sp³-hybridized carbons (Fsp3) is 0.320. The molecule has 33 heavy (non-hydrogen) atoms. The number of likely N-dealkylation sites (tertiary alicyclic amines) is 1. The van der Waals surface area contributed by atoms with Crippen LogP contribution >= 0.6 is 0 Å². The maximum absolute atomic E-state index is 10.6. The van der Waals surface area contributed by atoms with Gasteiger partial charge in [-0.3, -0.25) is 14.6 Å². The highest BCUT2D eigenvalue weighted by Crippen LogP contribution is 2.23. The van der Waals surface area contributed by atoms with Gasteiger partial charge in [-0.2, -0.15) is 0 Å². The Hall–Kier alpha value is -3.49. The van der Waals surface area contributed by atoms with Gasteiger partial charge in [0.25, 0.3) is 0 Å². The molecule has 1 aliphatic heterocycles. The van der Waals surface area contributed by atoms with Crippen LogP contribution in [-0.4, -0.2) is 61.8 Å². The van der Waals surface area contributed by atoms with Crippen LogP contribution in [0.4, 0.5) is 5.69 Å². The van der Waals surface area contributed by atoms with Gasteiger partial charge in [-0.15, -0.1) is 0 Å². The first kappa shape index (κ1) is 25.8. The van der Waals surface area contributed by atoms with E-state index in [-0.39, 0.29) is 0 Å². The first-order chi connectivity index (χ1) is 16.0. The van der Waals surface area contributed by atoms with Crippen molar-refractivity contribution < 1.29 is 14.4 Å². The van der Waals surface area contributed by atoms with Gasteiger partial charge in [-0.05, 0) is 50.5 Å². The number of hydrogen-bond acceptors (Lipinski definition) is 7. The van der Waals surface area contributed by atoms with Crippen molar-refractivity contribution in [3.05, 3.63) is 66.4 Å². The smallest absolute Gasteiger partial charge is 0.207 e. The van der Waals surface area contributed by atoms with Crippen molar-refractivity contribution in [3.8, 4) is 5.75 Å². The minimum atomic E-state index is 0.414. The topological polar surface area (TPSA) is 95.6 Å². The van der Waals surface area contributed by atoms with Crippen LogP contribution in [0.15, 0.2) is 60.8 Å². The number of rotatable bonds is 7. The number of nitrogens with one attached hydrogen (secondary N) is 3. The second-order valence-electron chi connectivity index (χ2n) is 7.92. The summed E-state index contributed by atoms with van der Waals surface area (Å²) < 4.78 is 0. The number of carbonyl (C=O) groups is 2. The predicted octanol–water partition coefficient (Wildman–Crippen LogP) is 3.11. The van der Waals surface area contributed by atoms with E-state index in [1.165, 1.54) is 0 Å². The van der Waals surface area contributed by atoms with Gasteiger partial charge >= 0.3 is 0 Å². The molecule has 1 amide bonds. The van der Waals surface area contributed by atoms with E-state index in [9.17, 15) is 9.59 Å². The molecule has 3 N–H and O–H groups in total. The maximum Gasteiger partial charge on any atom is 0.207 e. The molecule has 4 rings (SSSR count). The highest BCUT2D eigenvalue weighted by molar-refractivity contribution is 5.84. The van der Waals surface area contributed by atoms with Crippen molar-refractivity contribution in [1.82, 2.24) is 20.5 Å². The molecule has 2 aromatic carbocycles. The fourth-order valence-corrected chi connectivity index (χ4v) is 2.80. The molecule has 3 aromatic rings. The Labute approximate surface area is 195 Å². The lowest BCUT2D eigenvalue weighted by Crippen LogP contribution is -2.55. The third-order valence-corrected chi connectivity index (χ3v) is 4.87. The van der Waals surface area contributed by atoms with Gasteiger partial charge in [0.1, 0.15) is 11.8 Å². The summed E-state index contributed by atoms with van der Waals surface area (Å²) in [5.74, 6) is 0.655. The molecule has 1 fully saturated rings. The summed E-state index contributed by atoms with van der Waals surface area (Å²) in [4.78, 5) is 32.4. The van der Waals surface area contributed by atoms with Crippen molar-refractivity contribution in [1.29, 1.82) is 0 Å². The Bertz CT molecular complexity index is 984. The van der Waals surface area contributed by atoms with Crippen molar-refractivity contribution in [3.63, 3.8) is 0 Å². The number of carbonyl (C=O) groups excluding carboxylic acids is 2. The Morgan fingerprint density at radius 3 is 2.30 bits per heavy atom.